The van der Waals surface area contributed by atoms with Crippen LogP contribution in [0.15, 0.2) is 53.4 Å². The summed E-state index contributed by atoms with van der Waals surface area (Å²) in [4.78, 5) is 34.4. The number of benzene rings is 1. The third-order valence-electron chi connectivity index (χ3n) is 6.07. The van der Waals surface area contributed by atoms with Crippen LogP contribution in [0.5, 0.6) is 0 Å². The predicted octanol–water partition coefficient (Wildman–Crippen LogP) is 2.60. The number of halogens is 1. The van der Waals surface area contributed by atoms with E-state index in [1.807, 2.05) is 13.0 Å². The molecule has 3 aromatic rings. The first kappa shape index (κ1) is 19.3. The molecule has 2 amide bonds. The maximum absolute atomic E-state index is 13.7. The van der Waals surface area contributed by atoms with Gasteiger partial charge in [0.15, 0.2) is 0 Å². The maximum Gasteiger partial charge on any atom is 0.254 e. The lowest BCUT2D eigenvalue weighted by Crippen LogP contribution is -2.72. The van der Waals surface area contributed by atoms with Crippen molar-refractivity contribution in [2.45, 2.75) is 37.8 Å². The molecule has 3 heterocycles. The Morgan fingerprint density at radius 2 is 1.94 bits per heavy atom. The number of hydrogen-bond acceptors (Lipinski definition) is 6. The Morgan fingerprint density at radius 3 is 2.58 bits per heavy atom. The third-order valence-corrected chi connectivity index (χ3v) is 6.07. The molecular weight excluding hydrogens is 401 g/mol. The van der Waals surface area contributed by atoms with E-state index in [4.69, 9.17) is 4.42 Å². The summed E-state index contributed by atoms with van der Waals surface area (Å²) in [7, 11) is 0. The van der Waals surface area contributed by atoms with Gasteiger partial charge < -0.3 is 9.32 Å². The smallest absolute Gasteiger partial charge is 0.254 e. The first-order valence-electron chi connectivity index (χ1n) is 10.0. The van der Waals surface area contributed by atoms with Gasteiger partial charge in [-0.1, -0.05) is 18.2 Å². The van der Waals surface area contributed by atoms with Gasteiger partial charge in [-0.25, -0.2) is 9.37 Å². The Kier molecular flexibility index (Phi) is 4.53. The molecule has 2 aliphatic rings. The highest BCUT2D eigenvalue weighted by Crippen LogP contribution is 2.51. The van der Waals surface area contributed by atoms with Crippen LogP contribution in [0.3, 0.4) is 0 Å². The Morgan fingerprint density at radius 1 is 1.16 bits per heavy atom. The molecular formula is C22H20FN5O3. The monoisotopic (exact) mass is 421 g/mol. The molecule has 31 heavy (non-hydrogen) atoms. The number of rotatable bonds is 4. The minimum Gasteiger partial charge on any atom is -0.428 e. The quantitative estimate of drug-likeness (QED) is 0.643. The molecule has 1 aromatic carbocycles. The molecule has 0 radical (unpaired) electrons. The van der Waals surface area contributed by atoms with Crippen molar-refractivity contribution in [1.29, 1.82) is 0 Å². The summed E-state index contributed by atoms with van der Waals surface area (Å²) < 4.78 is 18.7. The van der Waals surface area contributed by atoms with E-state index in [9.17, 15) is 14.0 Å². The van der Waals surface area contributed by atoms with Crippen LogP contribution in [0.1, 0.15) is 35.8 Å². The van der Waals surface area contributed by atoms with Gasteiger partial charge >= 0.3 is 0 Å². The van der Waals surface area contributed by atoms with Crippen molar-refractivity contribution < 1.29 is 18.4 Å². The molecule has 0 N–H and O–H groups in total. The number of anilines is 1. The molecule has 9 heteroatoms. The fourth-order valence-electron chi connectivity index (χ4n) is 4.40. The maximum atomic E-state index is 13.7. The number of piperazine rings is 1. The second kappa shape index (κ2) is 7.26. The molecule has 0 atom stereocenters. The van der Waals surface area contributed by atoms with Crippen LogP contribution in [0.25, 0.3) is 0 Å². The Labute approximate surface area is 177 Å². The van der Waals surface area contributed by atoms with Crippen molar-refractivity contribution >= 4 is 17.6 Å². The van der Waals surface area contributed by atoms with Crippen molar-refractivity contribution in [2.24, 2.45) is 0 Å². The van der Waals surface area contributed by atoms with E-state index in [1.165, 1.54) is 23.4 Å². The minimum absolute atomic E-state index is 0.0942. The molecule has 1 aliphatic carbocycles. The van der Waals surface area contributed by atoms with Crippen molar-refractivity contribution in [3.63, 3.8) is 0 Å². The number of carbonyl (C=O) groups is 2. The number of aromatic nitrogens is 3. The van der Waals surface area contributed by atoms with Crippen molar-refractivity contribution in [1.82, 2.24) is 20.1 Å². The van der Waals surface area contributed by atoms with Crippen LogP contribution in [0.4, 0.5) is 10.2 Å². The summed E-state index contributed by atoms with van der Waals surface area (Å²) in [6.45, 7) is 2.03. The molecule has 8 nitrogen and oxygen atoms in total. The van der Waals surface area contributed by atoms with Gasteiger partial charge in [0.25, 0.3) is 5.91 Å². The Bertz CT molecular complexity index is 1110. The van der Waals surface area contributed by atoms with Gasteiger partial charge in [0.2, 0.25) is 18.2 Å². The van der Waals surface area contributed by atoms with Crippen molar-refractivity contribution in [3.8, 4) is 0 Å². The molecule has 0 bridgehead atoms. The fraction of sp³-hybridized carbons (Fsp3) is 0.318. The number of pyridine rings is 1. The molecule has 1 saturated heterocycles. The summed E-state index contributed by atoms with van der Waals surface area (Å²) in [5, 5.41) is 7.69. The second-order valence-corrected chi connectivity index (χ2v) is 8.11. The highest BCUT2D eigenvalue weighted by molar-refractivity contribution is 6.09. The van der Waals surface area contributed by atoms with Crippen LogP contribution in [-0.2, 0) is 16.1 Å². The first-order chi connectivity index (χ1) is 15.0. The largest absolute Gasteiger partial charge is 0.428 e. The molecule has 1 aliphatic heterocycles. The van der Waals surface area contributed by atoms with Crippen LogP contribution < -0.4 is 4.90 Å². The summed E-state index contributed by atoms with van der Waals surface area (Å²) in [5.74, 6) is 0.0814. The average Bonchev–Trinajstić information content (AvgIpc) is 3.26. The fourth-order valence-corrected chi connectivity index (χ4v) is 4.40. The molecule has 1 saturated carbocycles. The minimum atomic E-state index is -1.03. The zero-order valence-electron chi connectivity index (χ0n) is 16.9. The van der Waals surface area contributed by atoms with Crippen molar-refractivity contribution in [2.75, 3.05) is 11.4 Å². The van der Waals surface area contributed by atoms with E-state index in [0.29, 0.717) is 24.6 Å². The lowest BCUT2D eigenvalue weighted by molar-refractivity contribution is -0.160. The Hall–Kier alpha value is -3.62. The first-order valence-corrected chi connectivity index (χ1v) is 10.0. The second-order valence-electron chi connectivity index (χ2n) is 8.11. The number of aryl methyl sites for hydroxylation is 1. The van der Waals surface area contributed by atoms with Gasteiger partial charge in [-0.3, -0.25) is 14.5 Å². The SMILES string of the molecule is Cc1ccc(N2CC(=O)N(Cc3ccc(F)cc3)C3(CC(c4nnco4)C3)C2=O)nc1. The lowest BCUT2D eigenvalue weighted by Gasteiger charge is -2.56. The number of nitrogens with zero attached hydrogens (tertiary/aromatic N) is 5. The summed E-state index contributed by atoms with van der Waals surface area (Å²) in [6.07, 6.45) is 3.69. The summed E-state index contributed by atoms with van der Waals surface area (Å²) in [6, 6.07) is 9.56. The van der Waals surface area contributed by atoms with E-state index >= 15 is 0 Å². The third kappa shape index (κ3) is 3.26. The standard InChI is InChI=1S/C22H20FN5O3/c1-14-2-7-18(24-10-14)27-12-19(29)28(11-15-3-5-17(23)6-4-15)22(21(27)30)8-16(9-22)20-26-25-13-31-20/h2-7,10,13,16H,8-9,11-12H2,1H3. The Balaban J connectivity index is 1.48. The average molecular weight is 421 g/mol. The predicted molar refractivity (Wildman–Crippen MR) is 107 cm³/mol. The van der Waals surface area contributed by atoms with E-state index in [-0.39, 0.29) is 36.6 Å². The van der Waals surface area contributed by atoms with Crippen LogP contribution >= 0.6 is 0 Å². The summed E-state index contributed by atoms with van der Waals surface area (Å²) in [5.41, 5.74) is 0.687. The number of carbonyl (C=O) groups excluding carboxylic acids is 2. The zero-order chi connectivity index (χ0) is 21.6. The van der Waals surface area contributed by atoms with Gasteiger partial charge in [0, 0.05) is 18.7 Å². The van der Waals surface area contributed by atoms with Gasteiger partial charge in [-0.05, 0) is 49.1 Å². The van der Waals surface area contributed by atoms with Gasteiger partial charge in [0.05, 0.1) is 0 Å². The van der Waals surface area contributed by atoms with Crippen molar-refractivity contribution in [3.05, 3.63) is 71.8 Å². The molecule has 5 rings (SSSR count). The number of amides is 2. The highest BCUT2D eigenvalue weighted by Gasteiger charge is 2.61. The van der Waals surface area contributed by atoms with E-state index < -0.39 is 5.54 Å². The molecule has 2 fully saturated rings. The summed E-state index contributed by atoms with van der Waals surface area (Å²) >= 11 is 0. The van der Waals surface area contributed by atoms with Gasteiger partial charge in [-0.2, -0.15) is 0 Å². The molecule has 158 valence electrons. The molecule has 1 spiro atoms. The number of hydrogen-bond donors (Lipinski definition) is 0. The zero-order valence-corrected chi connectivity index (χ0v) is 16.9. The van der Waals surface area contributed by atoms with E-state index in [1.54, 1.807) is 29.3 Å². The van der Waals surface area contributed by atoms with E-state index in [2.05, 4.69) is 15.2 Å². The molecule has 2 aromatic heterocycles. The van der Waals surface area contributed by atoms with Gasteiger partial charge in [0.1, 0.15) is 23.7 Å². The highest BCUT2D eigenvalue weighted by atomic mass is 19.1. The lowest BCUT2D eigenvalue weighted by atomic mass is 9.65. The topological polar surface area (TPSA) is 92.4 Å². The van der Waals surface area contributed by atoms with Gasteiger partial charge in [-0.15, -0.1) is 10.2 Å². The van der Waals surface area contributed by atoms with Crippen LogP contribution in [0, 0.1) is 12.7 Å². The van der Waals surface area contributed by atoms with Crippen LogP contribution in [0.2, 0.25) is 0 Å². The van der Waals surface area contributed by atoms with E-state index in [0.717, 1.165) is 11.1 Å². The van der Waals surface area contributed by atoms with Crippen LogP contribution in [-0.4, -0.2) is 44.0 Å². The normalized spacial score (nSPS) is 23.4. The molecule has 0 unspecified atom stereocenters.